The first kappa shape index (κ1) is 65.2. The van der Waals surface area contributed by atoms with Gasteiger partial charge >= 0.3 is 6.03 Å². The van der Waals surface area contributed by atoms with E-state index in [9.17, 15) is 43.2 Å². The predicted octanol–water partition coefficient (Wildman–Crippen LogP) is 5.37. The molecule has 3 atom stereocenters. The van der Waals surface area contributed by atoms with Crippen LogP contribution in [0.5, 0.6) is 23.0 Å². The van der Waals surface area contributed by atoms with Gasteiger partial charge in [0.25, 0.3) is 0 Å². The van der Waals surface area contributed by atoms with Crippen LogP contribution in [0, 0.1) is 11.8 Å². The molecule has 0 aromatic heterocycles. The fourth-order valence-electron chi connectivity index (χ4n) is 10.1. The largest absolute Gasteiger partial charge is 0.493 e. The second kappa shape index (κ2) is 32.7. The van der Waals surface area contributed by atoms with Crippen LogP contribution < -0.4 is 67.5 Å². The highest BCUT2D eigenvalue weighted by atomic mass is 16.6. The van der Waals surface area contributed by atoms with Crippen LogP contribution in [0.1, 0.15) is 107 Å². The van der Waals surface area contributed by atoms with Crippen molar-refractivity contribution in [3.8, 4) is 34.1 Å². The van der Waals surface area contributed by atoms with Crippen molar-refractivity contribution >= 4 is 53.1 Å². The van der Waals surface area contributed by atoms with Gasteiger partial charge in [0.2, 0.25) is 52.5 Å². The number of anilines is 1. The minimum atomic E-state index is -1.10. The predicted molar refractivity (Wildman–Crippen MR) is 318 cm³/mol. The van der Waals surface area contributed by atoms with Crippen molar-refractivity contribution in [3.05, 3.63) is 124 Å². The van der Waals surface area contributed by atoms with Gasteiger partial charge in [0.05, 0.1) is 41.1 Å². The molecule has 9 N–H and O–H groups in total. The van der Waals surface area contributed by atoms with Crippen LogP contribution in [0.15, 0.2) is 102 Å². The smallest absolute Gasteiger partial charge is 0.312 e. The Morgan fingerprint density at radius 2 is 1.39 bits per heavy atom. The minimum absolute atomic E-state index is 0.00976. The number of likely N-dealkylation sites (tertiary alicyclic amines) is 1. The number of aryl methyl sites for hydroxylation is 1. The number of urea groups is 1. The van der Waals surface area contributed by atoms with Crippen molar-refractivity contribution in [2.24, 2.45) is 17.6 Å². The number of allylic oxidation sites excluding steroid dienone is 7. The van der Waals surface area contributed by atoms with Gasteiger partial charge in [-0.3, -0.25) is 43.2 Å². The normalized spacial score (nSPS) is 15.9. The first-order valence-electron chi connectivity index (χ1n) is 28.5. The molecule has 0 radical (unpaired) electrons. The zero-order valence-corrected chi connectivity index (χ0v) is 49.1. The average molecular weight is 1170 g/mol. The molecule has 2 aliphatic carbocycles. The van der Waals surface area contributed by atoms with Crippen LogP contribution in [0.4, 0.5) is 10.5 Å². The Bertz CT molecular complexity index is 3080. The zero-order chi connectivity index (χ0) is 61.4. The summed E-state index contributed by atoms with van der Waals surface area (Å²) in [5, 5.41) is 16.8. The van der Waals surface area contributed by atoms with E-state index in [1.807, 2.05) is 48.6 Å². The van der Waals surface area contributed by atoms with E-state index in [1.54, 1.807) is 55.1 Å². The first-order valence-corrected chi connectivity index (χ1v) is 28.5. The first-order chi connectivity index (χ1) is 40.9. The SMILES string of the molecule is COc1cc2c(c(OC)c1OC)-c1ccc(OC)c(=O)cc1C(NC(=O)CCCCC(=O)NOCc1ccc(NC(=O)[C@H](CCCNC(N)=O)NC(=O)[C@@H](NC(=O)CCC(=O)N3CCC(C(=O)NC4=C/C=C\C=C/C=C4)CC3)C(C)C)cc1)CC2. The number of nitrogens with two attached hydrogens (primary N) is 1. The maximum atomic E-state index is 13.8. The number of methoxy groups -OCH3 is 4. The van der Waals surface area contributed by atoms with Gasteiger partial charge in [-0.1, -0.05) is 62.4 Å². The summed E-state index contributed by atoms with van der Waals surface area (Å²) in [4.78, 5) is 125. The number of ether oxygens (including phenoxy) is 4. The lowest BCUT2D eigenvalue weighted by atomic mass is 9.95. The number of hydrogen-bond donors (Lipinski definition) is 8. The molecule has 0 bridgehead atoms. The Balaban J connectivity index is 0.932. The highest BCUT2D eigenvalue weighted by Crippen LogP contribution is 2.50. The van der Waals surface area contributed by atoms with Gasteiger partial charge < -0.3 is 61.5 Å². The molecule has 1 unspecified atom stereocenters. The molecule has 23 heteroatoms. The zero-order valence-electron chi connectivity index (χ0n) is 49.1. The third-order valence-corrected chi connectivity index (χ3v) is 14.7. The summed E-state index contributed by atoms with van der Waals surface area (Å²) < 4.78 is 22.5. The van der Waals surface area contributed by atoms with Crippen molar-refractivity contribution in [1.29, 1.82) is 0 Å². The Morgan fingerprint density at radius 3 is 2.07 bits per heavy atom. The lowest BCUT2D eigenvalue weighted by molar-refractivity contribution is -0.137. The number of primary amides is 1. The number of benzene rings is 2. The number of rotatable bonds is 28. The molecule has 1 saturated heterocycles. The molecule has 6 rings (SSSR count). The van der Waals surface area contributed by atoms with Crippen LogP contribution >= 0.6 is 0 Å². The van der Waals surface area contributed by atoms with Crippen LogP contribution in [0.2, 0.25) is 0 Å². The maximum absolute atomic E-state index is 13.8. The fraction of sp³-hybridized carbons (Fsp3) is 0.435. The summed E-state index contributed by atoms with van der Waals surface area (Å²) in [6.45, 7) is 4.32. The summed E-state index contributed by atoms with van der Waals surface area (Å²) in [6.07, 6.45) is 15.9. The molecule has 23 nitrogen and oxygen atoms in total. The van der Waals surface area contributed by atoms with Crippen LogP contribution in [-0.4, -0.2) is 112 Å². The van der Waals surface area contributed by atoms with Gasteiger partial charge in [-0.05, 0) is 122 Å². The number of hydrogen-bond acceptors (Lipinski definition) is 14. The van der Waals surface area contributed by atoms with E-state index >= 15 is 0 Å². The second-order valence-corrected chi connectivity index (χ2v) is 21.0. The number of fused-ring (bicyclic) bond motifs is 3. The van der Waals surface area contributed by atoms with E-state index in [0.717, 1.165) is 5.56 Å². The summed E-state index contributed by atoms with van der Waals surface area (Å²) in [5.41, 5.74) is 11.9. The topological polar surface area (TPSA) is 313 Å². The molecule has 1 aliphatic heterocycles. The molecular weight excluding hydrogens is 1090 g/mol. The third-order valence-electron chi connectivity index (χ3n) is 14.7. The van der Waals surface area contributed by atoms with E-state index in [4.69, 9.17) is 29.5 Å². The summed E-state index contributed by atoms with van der Waals surface area (Å²) in [7, 11) is 5.99. The van der Waals surface area contributed by atoms with Gasteiger partial charge in [-0.25, -0.2) is 10.3 Å². The van der Waals surface area contributed by atoms with Gasteiger partial charge in [0.1, 0.15) is 12.1 Å². The van der Waals surface area contributed by atoms with Gasteiger partial charge in [-0.2, -0.15) is 0 Å². The molecule has 0 saturated carbocycles. The molecule has 3 aromatic carbocycles. The van der Waals surface area contributed by atoms with Gasteiger partial charge in [0, 0.05) is 68.2 Å². The molecule has 9 amide bonds. The molecule has 3 aromatic rings. The summed E-state index contributed by atoms with van der Waals surface area (Å²) >= 11 is 0. The Labute approximate surface area is 494 Å². The summed E-state index contributed by atoms with van der Waals surface area (Å²) in [5.74, 6) is -1.96. The second-order valence-electron chi connectivity index (χ2n) is 21.0. The minimum Gasteiger partial charge on any atom is -0.493 e. The molecular formula is C62H79N9O14. The van der Waals surface area contributed by atoms with Crippen molar-refractivity contribution in [2.75, 3.05) is 53.4 Å². The number of piperidine rings is 1. The number of nitrogens with zero attached hydrogens (tertiary/aromatic N) is 1. The molecule has 1 heterocycles. The number of carbonyl (C=O) groups is 8. The number of hydroxylamine groups is 1. The van der Waals surface area contributed by atoms with E-state index < -0.39 is 53.7 Å². The highest BCUT2D eigenvalue weighted by Gasteiger charge is 2.33. The number of amides is 9. The fourth-order valence-corrected chi connectivity index (χ4v) is 10.1. The monoisotopic (exact) mass is 1170 g/mol. The maximum Gasteiger partial charge on any atom is 0.312 e. The van der Waals surface area contributed by atoms with E-state index in [0.29, 0.717) is 103 Å². The standard InChI is InChI=1S/C62H79N9O14/c1-38(2)56(69-52(74)28-29-54(76)71-33-30-40(31-34-71)59(77)65-42-15-10-8-7-9-11-16-42)61(79)68-47(17-14-32-64-62(63)80)60(78)66-43-23-20-39(21-24-43)37-85-70-53(75)19-13-12-18-51(73)67-46-26-22-41-35-50(82-4)57(83-5)58(84-6)55(41)44-25-27-49(81-3)48(72)36-45(44)46/h7-11,15-16,20-21,23-25,27,35-36,38,40,46-47,56H,12-14,17-19,22,26,28-34,37H2,1-6H3,(H,65,77)(H,66,78)(H,67,73)(H,68,79)(H,69,74)(H,70,75)(H3,63,64,80)/b8-7-,9-7?,10-8?,11-9-,15-10?,16-11?,42-15?,42-16?/t46?,47-,56-/m0/s1. The molecule has 3 aliphatic rings. The molecule has 1 fully saturated rings. The van der Waals surface area contributed by atoms with Crippen molar-refractivity contribution in [1.82, 2.24) is 37.0 Å². The number of carbonyl (C=O) groups excluding carboxylic acids is 8. The number of nitrogens with one attached hydrogen (secondary N) is 7. The van der Waals surface area contributed by atoms with E-state index in [-0.39, 0.29) is 86.5 Å². The lowest BCUT2D eigenvalue weighted by Crippen LogP contribution is -2.54. The van der Waals surface area contributed by atoms with Crippen LogP contribution in [-0.2, 0) is 51.4 Å². The Kier molecular flexibility index (Phi) is 25.1. The summed E-state index contributed by atoms with van der Waals surface area (Å²) in [6, 6.07) is 9.87. The Hall–Kier alpha value is -8.99. The Morgan fingerprint density at radius 1 is 0.694 bits per heavy atom. The number of unbranched alkanes of at least 4 members (excludes halogenated alkanes) is 1. The average Bonchev–Trinajstić information content (AvgIpc) is 2.73. The van der Waals surface area contributed by atoms with Gasteiger partial charge in [-0.15, -0.1) is 0 Å². The van der Waals surface area contributed by atoms with Crippen molar-refractivity contribution < 1.29 is 62.1 Å². The van der Waals surface area contributed by atoms with Crippen LogP contribution in [0.3, 0.4) is 0 Å². The quantitative estimate of drug-likeness (QED) is 0.0335. The third kappa shape index (κ3) is 19.3. The van der Waals surface area contributed by atoms with Crippen LogP contribution in [0.25, 0.3) is 11.1 Å². The van der Waals surface area contributed by atoms with E-state index in [2.05, 4.69) is 37.4 Å². The molecule has 85 heavy (non-hydrogen) atoms. The van der Waals surface area contributed by atoms with Gasteiger partial charge in [0.15, 0.2) is 17.2 Å². The lowest BCUT2D eigenvalue weighted by Gasteiger charge is -2.31. The molecule has 0 spiro atoms. The molecule has 456 valence electrons. The van der Waals surface area contributed by atoms with Crippen molar-refractivity contribution in [2.45, 2.75) is 116 Å². The van der Waals surface area contributed by atoms with E-state index in [1.165, 1.54) is 34.5 Å². The van der Waals surface area contributed by atoms with Crippen molar-refractivity contribution in [3.63, 3.8) is 0 Å². The highest BCUT2D eigenvalue weighted by molar-refractivity contribution is 5.98.